The quantitative estimate of drug-likeness (QED) is 0.872. The molecular formula is C14H17N3. The lowest BCUT2D eigenvalue weighted by Crippen LogP contribution is -2.01. The van der Waals surface area contributed by atoms with Gasteiger partial charge in [-0.3, -0.25) is 0 Å². The Labute approximate surface area is 102 Å². The Morgan fingerprint density at radius 3 is 2.53 bits per heavy atom. The van der Waals surface area contributed by atoms with Crippen molar-refractivity contribution < 1.29 is 0 Å². The highest BCUT2D eigenvalue weighted by Crippen LogP contribution is 2.19. The number of benzene rings is 1. The second-order valence-electron chi connectivity index (χ2n) is 3.92. The summed E-state index contributed by atoms with van der Waals surface area (Å²) in [6, 6.07) is 12.2. The lowest BCUT2D eigenvalue weighted by molar-refractivity contribution is 0.838. The predicted octanol–water partition coefficient (Wildman–Crippen LogP) is 3.14. The van der Waals surface area contributed by atoms with Gasteiger partial charge in [0.25, 0.3) is 0 Å². The van der Waals surface area contributed by atoms with Crippen LogP contribution in [0.15, 0.2) is 36.4 Å². The van der Waals surface area contributed by atoms with Crippen LogP contribution >= 0.6 is 0 Å². The van der Waals surface area contributed by atoms with Crippen LogP contribution in [0.4, 0.5) is 5.82 Å². The molecule has 0 aliphatic heterocycles. The summed E-state index contributed by atoms with van der Waals surface area (Å²) in [5.41, 5.74) is 2.11. The van der Waals surface area contributed by atoms with E-state index in [2.05, 4.69) is 34.3 Å². The Kier molecular flexibility index (Phi) is 3.70. The smallest absolute Gasteiger partial charge is 0.131 e. The molecule has 88 valence electrons. The van der Waals surface area contributed by atoms with Crippen molar-refractivity contribution in [2.75, 3.05) is 12.4 Å². The molecule has 0 fully saturated rings. The molecule has 17 heavy (non-hydrogen) atoms. The topological polar surface area (TPSA) is 37.8 Å². The van der Waals surface area contributed by atoms with Gasteiger partial charge in [0.05, 0.1) is 5.69 Å². The first-order valence-electron chi connectivity index (χ1n) is 5.94. The third-order valence-electron chi connectivity index (χ3n) is 2.57. The molecule has 3 heteroatoms. The van der Waals surface area contributed by atoms with E-state index in [1.54, 1.807) is 0 Å². The van der Waals surface area contributed by atoms with Crippen LogP contribution in [0.1, 0.15) is 19.2 Å². The van der Waals surface area contributed by atoms with Crippen molar-refractivity contribution >= 4 is 5.82 Å². The molecule has 0 atom stereocenters. The summed E-state index contributed by atoms with van der Waals surface area (Å²) >= 11 is 0. The molecule has 1 N–H and O–H groups in total. The Balaban J connectivity index is 2.43. The molecular weight excluding hydrogens is 210 g/mol. The molecule has 2 rings (SSSR count). The zero-order chi connectivity index (χ0) is 12.1. The van der Waals surface area contributed by atoms with Crippen molar-refractivity contribution in [1.29, 1.82) is 0 Å². The number of aromatic nitrogens is 2. The van der Waals surface area contributed by atoms with E-state index in [-0.39, 0.29) is 0 Å². The normalized spacial score (nSPS) is 10.2. The van der Waals surface area contributed by atoms with Crippen LogP contribution in [0.5, 0.6) is 0 Å². The SMILES string of the molecule is CCCc1nc(NC)cc(-c2ccccc2)n1. The molecule has 0 saturated carbocycles. The number of nitrogens with one attached hydrogen (secondary N) is 1. The van der Waals surface area contributed by atoms with Gasteiger partial charge in [0, 0.05) is 25.1 Å². The average molecular weight is 227 g/mol. The van der Waals surface area contributed by atoms with Crippen LogP contribution in [-0.4, -0.2) is 17.0 Å². The predicted molar refractivity (Wildman–Crippen MR) is 71.0 cm³/mol. The van der Waals surface area contributed by atoms with Crippen LogP contribution in [0.25, 0.3) is 11.3 Å². The van der Waals surface area contributed by atoms with E-state index >= 15 is 0 Å². The fourth-order valence-electron chi connectivity index (χ4n) is 1.72. The molecule has 1 aromatic carbocycles. The highest BCUT2D eigenvalue weighted by Gasteiger charge is 2.04. The van der Waals surface area contributed by atoms with E-state index < -0.39 is 0 Å². The molecule has 0 saturated heterocycles. The first kappa shape index (κ1) is 11.6. The van der Waals surface area contributed by atoms with Crippen LogP contribution < -0.4 is 5.32 Å². The number of aryl methyl sites for hydroxylation is 1. The molecule has 0 unspecified atom stereocenters. The second-order valence-corrected chi connectivity index (χ2v) is 3.92. The minimum atomic E-state index is 0.877. The molecule has 0 radical (unpaired) electrons. The first-order valence-corrected chi connectivity index (χ1v) is 5.94. The molecule has 0 bridgehead atoms. The largest absolute Gasteiger partial charge is 0.373 e. The van der Waals surface area contributed by atoms with Crippen molar-refractivity contribution in [1.82, 2.24) is 9.97 Å². The standard InChI is InChI=1S/C14H17N3/c1-3-7-13-16-12(10-14(15-2)17-13)11-8-5-4-6-9-11/h4-6,8-10H,3,7H2,1-2H3,(H,15,16,17). The number of anilines is 1. The van der Waals surface area contributed by atoms with Crippen LogP contribution in [0.3, 0.4) is 0 Å². The van der Waals surface area contributed by atoms with Crippen molar-refractivity contribution in [3.63, 3.8) is 0 Å². The maximum absolute atomic E-state index is 4.59. The van der Waals surface area contributed by atoms with Crippen LogP contribution in [-0.2, 0) is 6.42 Å². The fourth-order valence-corrected chi connectivity index (χ4v) is 1.72. The zero-order valence-corrected chi connectivity index (χ0v) is 10.3. The van der Waals surface area contributed by atoms with E-state index in [9.17, 15) is 0 Å². The minimum absolute atomic E-state index is 0.877. The van der Waals surface area contributed by atoms with Crippen molar-refractivity contribution in [2.45, 2.75) is 19.8 Å². The lowest BCUT2D eigenvalue weighted by Gasteiger charge is -2.07. The molecule has 1 aromatic heterocycles. The van der Waals surface area contributed by atoms with Gasteiger partial charge in [-0.25, -0.2) is 9.97 Å². The molecule has 1 heterocycles. The van der Waals surface area contributed by atoms with Gasteiger partial charge >= 0.3 is 0 Å². The Morgan fingerprint density at radius 2 is 1.88 bits per heavy atom. The number of hydrogen-bond acceptors (Lipinski definition) is 3. The molecule has 0 aliphatic rings. The van der Waals surface area contributed by atoms with Gasteiger partial charge < -0.3 is 5.32 Å². The lowest BCUT2D eigenvalue weighted by atomic mass is 10.1. The number of rotatable bonds is 4. The fraction of sp³-hybridized carbons (Fsp3) is 0.286. The van der Waals surface area contributed by atoms with Crippen molar-refractivity contribution in [3.8, 4) is 11.3 Å². The summed E-state index contributed by atoms with van der Waals surface area (Å²) in [6.45, 7) is 2.14. The van der Waals surface area contributed by atoms with Crippen LogP contribution in [0, 0.1) is 0 Å². The van der Waals surface area contributed by atoms with Crippen LogP contribution in [0.2, 0.25) is 0 Å². The van der Waals surface area contributed by atoms with E-state index in [1.807, 2.05) is 31.3 Å². The molecule has 2 aromatic rings. The van der Waals surface area contributed by atoms with Gasteiger partial charge in [-0.1, -0.05) is 37.3 Å². The molecule has 0 amide bonds. The number of nitrogens with zero attached hydrogens (tertiary/aromatic N) is 2. The summed E-state index contributed by atoms with van der Waals surface area (Å²) in [5.74, 6) is 1.78. The van der Waals surface area contributed by atoms with Crippen molar-refractivity contribution in [3.05, 3.63) is 42.2 Å². The summed E-state index contributed by atoms with van der Waals surface area (Å²) in [5, 5.41) is 3.08. The summed E-state index contributed by atoms with van der Waals surface area (Å²) in [7, 11) is 1.88. The zero-order valence-electron chi connectivity index (χ0n) is 10.3. The third-order valence-corrected chi connectivity index (χ3v) is 2.57. The van der Waals surface area contributed by atoms with Crippen molar-refractivity contribution in [2.24, 2.45) is 0 Å². The van der Waals surface area contributed by atoms with E-state index in [0.29, 0.717) is 0 Å². The minimum Gasteiger partial charge on any atom is -0.373 e. The van der Waals surface area contributed by atoms with E-state index in [0.717, 1.165) is 35.7 Å². The Bertz CT molecular complexity index is 480. The second kappa shape index (κ2) is 5.43. The van der Waals surface area contributed by atoms with Gasteiger partial charge in [0.1, 0.15) is 11.6 Å². The summed E-state index contributed by atoms with van der Waals surface area (Å²) in [4.78, 5) is 9.04. The molecule has 3 nitrogen and oxygen atoms in total. The summed E-state index contributed by atoms with van der Waals surface area (Å²) in [6.07, 6.45) is 1.97. The van der Waals surface area contributed by atoms with Gasteiger partial charge in [-0.2, -0.15) is 0 Å². The summed E-state index contributed by atoms with van der Waals surface area (Å²) < 4.78 is 0. The molecule has 0 aliphatic carbocycles. The van der Waals surface area contributed by atoms with Gasteiger partial charge in [-0.15, -0.1) is 0 Å². The maximum atomic E-state index is 4.59. The van der Waals surface area contributed by atoms with E-state index in [4.69, 9.17) is 0 Å². The highest BCUT2D eigenvalue weighted by molar-refractivity contribution is 5.62. The Hall–Kier alpha value is -1.90. The first-order chi connectivity index (χ1) is 8.33. The molecule has 0 spiro atoms. The van der Waals surface area contributed by atoms with Gasteiger partial charge in [-0.05, 0) is 6.42 Å². The maximum Gasteiger partial charge on any atom is 0.131 e. The average Bonchev–Trinajstić information content (AvgIpc) is 2.40. The Morgan fingerprint density at radius 1 is 1.12 bits per heavy atom. The highest BCUT2D eigenvalue weighted by atomic mass is 15.0. The number of hydrogen-bond donors (Lipinski definition) is 1. The van der Waals surface area contributed by atoms with Gasteiger partial charge in [0.15, 0.2) is 0 Å². The monoisotopic (exact) mass is 227 g/mol. The van der Waals surface area contributed by atoms with E-state index in [1.165, 1.54) is 0 Å². The van der Waals surface area contributed by atoms with Gasteiger partial charge in [0.2, 0.25) is 0 Å². The third kappa shape index (κ3) is 2.81.